The Bertz CT molecular complexity index is 454. The number of hydrogen-bond acceptors (Lipinski definition) is 4. The molecule has 0 saturated carbocycles. The van der Waals surface area contributed by atoms with Crippen molar-refractivity contribution in [3.05, 3.63) is 35.4 Å². The molecule has 2 N–H and O–H groups in total. The molecule has 0 aliphatic carbocycles. The molecule has 0 saturated heterocycles. The smallest absolute Gasteiger partial charge is 0.147 e. The van der Waals surface area contributed by atoms with Gasteiger partial charge in [-0.3, -0.25) is 0 Å². The van der Waals surface area contributed by atoms with Crippen LogP contribution in [0.4, 0.5) is 0 Å². The number of rotatable bonds is 7. The van der Waals surface area contributed by atoms with Crippen molar-refractivity contribution in [1.82, 2.24) is 4.90 Å². The SMILES string of the molecule is CN(CCCS(C)(=O)=O)Cc1ccc(CN)cc1. The summed E-state index contributed by atoms with van der Waals surface area (Å²) in [5.41, 5.74) is 7.88. The first-order valence-electron chi connectivity index (χ1n) is 6.05. The van der Waals surface area contributed by atoms with Crippen LogP contribution in [-0.4, -0.2) is 38.9 Å². The Morgan fingerprint density at radius 1 is 1.17 bits per heavy atom. The fourth-order valence-corrected chi connectivity index (χ4v) is 2.42. The zero-order valence-electron chi connectivity index (χ0n) is 11.1. The minimum Gasteiger partial charge on any atom is -0.326 e. The quantitative estimate of drug-likeness (QED) is 0.803. The van der Waals surface area contributed by atoms with Gasteiger partial charge in [0.2, 0.25) is 0 Å². The van der Waals surface area contributed by atoms with Gasteiger partial charge in [0, 0.05) is 19.3 Å². The Morgan fingerprint density at radius 2 is 1.72 bits per heavy atom. The zero-order valence-corrected chi connectivity index (χ0v) is 11.9. The molecule has 0 aliphatic heterocycles. The van der Waals surface area contributed by atoms with Crippen LogP contribution >= 0.6 is 0 Å². The molecule has 0 heterocycles. The van der Waals surface area contributed by atoms with Crippen LogP contribution in [0.5, 0.6) is 0 Å². The van der Waals surface area contributed by atoms with Crippen LogP contribution < -0.4 is 5.73 Å². The van der Waals surface area contributed by atoms with Gasteiger partial charge >= 0.3 is 0 Å². The molecule has 0 amide bonds. The van der Waals surface area contributed by atoms with E-state index in [0.29, 0.717) is 13.0 Å². The Morgan fingerprint density at radius 3 is 2.22 bits per heavy atom. The highest BCUT2D eigenvalue weighted by molar-refractivity contribution is 7.90. The maximum atomic E-state index is 11.0. The summed E-state index contributed by atoms with van der Waals surface area (Å²) in [5, 5.41) is 0. The van der Waals surface area contributed by atoms with Gasteiger partial charge in [0.25, 0.3) is 0 Å². The van der Waals surface area contributed by atoms with Crippen molar-refractivity contribution in [3.8, 4) is 0 Å². The third-order valence-corrected chi connectivity index (χ3v) is 3.80. The summed E-state index contributed by atoms with van der Waals surface area (Å²) in [6.07, 6.45) is 1.95. The predicted molar refractivity (Wildman–Crippen MR) is 75.0 cm³/mol. The van der Waals surface area contributed by atoms with Gasteiger partial charge in [0.15, 0.2) is 0 Å². The Hall–Kier alpha value is -0.910. The molecule has 1 aromatic rings. The topological polar surface area (TPSA) is 63.4 Å². The number of hydrogen-bond donors (Lipinski definition) is 1. The van der Waals surface area contributed by atoms with Gasteiger partial charge in [-0.1, -0.05) is 24.3 Å². The first kappa shape index (κ1) is 15.1. The van der Waals surface area contributed by atoms with E-state index in [4.69, 9.17) is 5.73 Å². The third kappa shape index (κ3) is 6.14. The first-order valence-corrected chi connectivity index (χ1v) is 8.11. The molecule has 0 bridgehead atoms. The van der Waals surface area contributed by atoms with Crippen molar-refractivity contribution in [2.45, 2.75) is 19.5 Å². The molecule has 102 valence electrons. The number of sulfone groups is 1. The van der Waals surface area contributed by atoms with E-state index in [9.17, 15) is 8.42 Å². The molecule has 0 spiro atoms. The van der Waals surface area contributed by atoms with E-state index in [2.05, 4.69) is 17.0 Å². The van der Waals surface area contributed by atoms with E-state index < -0.39 is 9.84 Å². The highest BCUT2D eigenvalue weighted by Crippen LogP contribution is 2.06. The first-order chi connectivity index (χ1) is 8.40. The van der Waals surface area contributed by atoms with E-state index in [0.717, 1.165) is 18.7 Å². The van der Waals surface area contributed by atoms with Crippen molar-refractivity contribution in [3.63, 3.8) is 0 Å². The van der Waals surface area contributed by atoms with Gasteiger partial charge in [-0.2, -0.15) is 0 Å². The molecule has 0 fully saturated rings. The largest absolute Gasteiger partial charge is 0.326 e. The summed E-state index contributed by atoms with van der Waals surface area (Å²) < 4.78 is 22.0. The minimum atomic E-state index is -2.84. The maximum Gasteiger partial charge on any atom is 0.147 e. The molecule has 18 heavy (non-hydrogen) atoms. The summed E-state index contributed by atoms with van der Waals surface area (Å²) in [6.45, 7) is 2.17. The van der Waals surface area contributed by atoms with E-state index in [1.165, 1.54) is 11.8 Å². The van der Waals surface area contributed by atoms with Crippen LogP contribution in [0, 0.1) is 0 Å². The second-order valence-corrected chi connectivity index (χ2v) is 7.00. The van der Waals surface area contributed by atoms with Crippen LogP contribution in [-0.2, 0) is 22.9 Å². The Balaban J connectivity index is 2.37. The van der Waals surface area contributed by atoms with Gasteiger partial charge in [-0.05, 0) is 31.1 Å². The molecule has 1 aromatic carbocycles. The zero-order chi connectivity index (χ0) is 13.6. The van der Waals surface area contributed by atoms with Crippen molar-refractivity contribution in [2.75, 3.05) is 25.6 Å². The molecule has 0 aromatic heterocycles. The van der Waals surface area contributed by atoms with E-state index >= 15 is 0 Å². The Kier molecular flexibility index (Phi) is 5.78. The molecule has 5 heteroatoms. The van der Waals surface area contributed by atoms with Crippen LogP contribution in [0.25, 0.3) is 0 Å². The molecule has 0 aliphatic rings. The second-order valence-electron chi connectivity index (χ2n) is 4.74. The summed E-state index contributed by atoms with van der Waals surface area (Å²) in [4.78, 5) is 2.13. The monoisotopic (exact) mass is 270 g/mol. The van der Waals surface area contributed by atoms with E-state index in [1.54, 1.807) is 0 Å². The second kappa shape index (κ2) is 6.87. The highest BCUT2D eigenvalue weighted by atomic mass is 32.2. The lowest BCUT2D eigenvalue weighted by Crippen LogP contribution is -2.21. The molecule has 0 atom stereocenters. The standard InChI is InChI=1S/C13H22N2O2S/c1-15(8-3-9-18(2,16)17)11-13-6-4-12(10-14)5-7-13/h4-7H,3,8-11,14H2,1-2H3. The normalized spacial score (nSPS) is 12.0. The Labute approximate surface area is 110 Å². The summed E-state index contributed by atoms with van der Waals surface area (Å²) in [6, 6.07) is 8.18. The van der Waals surface area contributed by atoms with Gasteiger partial charge in [-0.25, -0.2) is 8.42 Å². The average molecular weight is 270 g/mol. The lowest BCUT2D eigenvalue weighted by molar-refractivity contribution is 0.328. The van der Waals surface area contributed by atoms with Gasteiger partial charge in [0.1, 0.15) is 9.84 Å². The van der Waals surface area contributed by atoms with Crippen molar-refractivity contribution < 1.29 is 8.42 Å². The van der Waals surface area contributed by atoms with Crippen molar-refractivity contribution in [1.29, 1.82) is 0 Å². The van der Waals surface area contributed by atoms with Gasteiger partial charge in [-0.15, -0.1) is 0 Å². The predicted octanol–water partition coefficient (Wildman–Crippen LogP) is 1.01. The lowest BCUT2D eigenvalue weighted by atomic mass is 10.1. The average Bonchev–Trinajstić information content (AvgIpc) is 2.28. The van der Waals surface area contributed by atoms with Crippen LogP contribution in [0.3, 0.4) is 0 Å². The maximum absolute atomic E-state index is 11.0. The fraction of sp³-hybridized carbons (Fsp3) is 0.538. The van der Waals surface area contributed by atoms with Crippen LogP contribution in [0.2, 0.25) is 0 Å². The number of nitrogens with two attached hydrogens (primary N) is 1. The van der Waals surface area contributed by atoms with Gasteiger partial charge in [0.05, 0.1) is 5.75 Å². The van der Waals surface area contributed by atoms with E-state index in [-0.39, 0.29) is 5.75 Å². The molecule has 4 nitrogen and oxygen atoms in total. The molecular weight excluding hydrogens is 248 g/mol. The van der Waals surface area contributed by atoms with Crippen molar-refractivity contribution >= 4 is 9.84 Å². The molecule has 0 radical (unpaired) electrons. The fourth-order valence-electron chi connectivity index (χ4n) is 1.77. The molecule has 0 unspecified atom stereocenters. The van der Waals surface area contributed by atoms with Crippen LogP contribution in [0.1, 0.15) is 17.5 Å². The number of nitrogens with zero attached hydrogens (tertiary/aromatic N) is 1. The molecular formula is C13H22N2O2S. The summed E-state index contributed by atoms with van der Waals surface area (Å²) in [7, 11) is -0.843. The highest BCUT2D eigenvalue weighted by Gasteiger charge is 2.04. The number of benzene rings is 1. The van der Waals surface area contributed by atoms with E-state index in [1.807, 2.05) is 19.2 Å². The molecule has 1 rings (SSSR count). The lowest BCUT2D eigenvalue weighted by Gasteiger charge is -2.16. The summed E-state index contributed by atoms with van der Waals surface area (Å²) >= 11 is 0. The van der Waals surface area contributed by atoms with Gasteiger partial charge < -0.3 is 10.6 Å². The minimum absolute atomic E-state index is 0.253. The van der Waals surface area contributed by atoms with Crippen molar-refractivity contribution in [2.24, 2.45) is 5.73 Å². The summed E-state index contributed by atoms with van der Waals surface area (Å²) in [5.74, 6) is 0.253. The third-order valence-electron chi connectivity index (χ3n) is 2.77. The van der Waals surface area contributed by atoms with Crippen LogP contribution in [0.15, 0.2) is 24.3 Å².